The summed E-state index contributed by atoms with van der Waals surface area (Å²) in [6, 6.07) is 19.6. The van der Waals surface area contributed by atoms with Crippen LogP contribution < -0.4 is 14.8 Å². The van der Waals surface area contributed by atoms with Crippen molar-refractivity contribution in [1.82, 2.24) is 0 Å². The van der Waals surface area contributed by atoms with E-state index in [2.05, 4.69) is 5.32 Å². The first-order valence-electron chi connectivity index (χ1n) is 9.29. The van der Waals surface area contributed by atoms with Gasteiger partial charge in [0.2, 0.25) is 0 Å². The second-order valence-electron chi connectivity index (χ2n) is 6.85. The lowest BCUT2D eigenvalue weighted by atomic mass is 10.1. The van der Waals surface area contributed by atoms with E-state index in [4.69, 9.17) is 9.47 Å². The fraction of sp³-hybridized carbons (Fsp3) is 0.167. The Morgan fingerprint density at radius 2 is 1.45 bits per heavy atom. The van der Waals surface area contributed by atoms with E-state index in [0.29, 0.717) is 17.1 Å². The van der Waals surface area contributed by atoms with Gasteiger partial charge in [0.1, 0.15) is 11.5 Å². The molecule has 3 aromatic carbocycles. The van der Waals surface area contributed by atoms with Gasteiger partial charge in [-0.05, 0) is 80.4 Å². The summed E-state index contributed by atoms with van der Waals surface area (Å²) in [5.41, 5.74) is 4.56. The fourth-order valence-electron chi connectivity index (χ4n) is 2.62. The maximum atomic E-state index is 12.3. The Bertz CT molecular complexity index is 1010. The van der Waals surface area contributed by atoms with Crippen molar-refractivity contribution in [3.63, 3.8) is 0 Å². The van der Waals surface area contributed by atoms with Gasteiger partial charge in [0.25, 0.3) is 5.91 Å². The summed E-state index contributed by atoms with van der Waals surface area (Å²) in [6.07, 6.45) is 0. The molecule has 0 aliphatic heterocycles. The van der Waals surface area contributed by atoms with Crippen LogP contribution >= 0.6 is 0 Å². The lowest BCUT2D eigenvalue weighted by Crippen LogP contribution is -2.18. The summed E-state index contributed by atoms with van der Waals surface area (Å²) >= 11 is 0. The highest BCUT2D eigenvalue weighted by molar-refractivity contribution is 6.04. The number of rotatable bonds is 6. The van der Waals surface area contributed by atoms with Crippen molar-refractivity contribution >= 4 is 17.6 Å². The summed E-state index contributed by atoms with van der Waals surface area (Å²) in [5, 5.41) is 2.83. The molecule has 0 fully saturated rings. The van der Waals surface area contributed by atoms with Gasteiger partial charge in [0.15, 0.2) is 6.61 Å². The number of carbonyl (C=O) groups is 2. The number of amides is 1. The van der Waals surface area contributed by atoms with Crippen molar-refractivity contribution < 1.29 is 19.1 Å². The third kappa shape index (κ3) is 5.69. The number of ether oxygens (including phenoxy) is 2. The zero-order valence-corrected chi connectivity index (χ0v) is 16.7. The van der Waals surface area contributed by atoms with Crippen molar-refractivity contribution in [2.75, 3.05) is 11.9 Å². The molecule has 0 heterocycles. The van der Waals surface area contributed by atoms with E-state index in [1.165, 1.54) is 0 Å². The molecule has 0 saturated carbocycles. The second kappa shape index (κ2) is 9.06. The molecule has 0 spiro atoms. The summed E-state index contributed by atoms with van der Waals surface area (Å²) in [4.78, 5) is 24.3. The minimum absolute atomic E-state index is 0.196. The van der Waals surface area contributed by atoms with Gasteiger partial charge < -0.3 is 14.8 Å². The minimum atomic E-state index is -0.514. The average Bonchev–Trinajstić information content (AvgIpc) is 2.71. The van der Waals surface area contributed by atoms with E-state index in [9.17, 15) is 9.59 Å². The Hall–Kier alpha value is -3.60. The van der Waals surface area contributed by atoms with Crippen LogP contribution in [0.25, 0.3) is 0 Å². The van der Waals surface area contributed by atoms with E-state index in [1.54, 1.807) is 24.3 Å². The van der Waals surface area contributed by atoms with E-state index >= 15 is 0 Å². The van der Waals surface area contributed by atoms with E-state index in [1.807, 2.05) is 63.2 Å². The van der Waals surface area contributed by atoms with E-state index in [0.717, 1.165) is 22.4 Å². The zero-order valence-electron chi connectivity index (χ0n) is 16.7. The van der Waals surface area contributed by atoms with Gasteiger partial charge in [-0.1, -0.05) is 23.8 Å². The van der Waals surface area contributed by atoms with Gasteiger partial charge in [0, 0.05) is 11.3 Å². The molecule has 0 radical (unpaired) electrons. The molecule has 3 rings (SSSR count). The number of benzene rings is 3. The number of esters is 1. The van der Waals surface area contributed by atoms with Crippen molar-refractivity contribution in [2.45, 2.75) is 20.8 Å². The molecule has 5 heteroatoms. The minimum Gasteiger partial charge on any atom is -0.482 e. The van der Waals surface area contributed by atoms with Crippen molar-refractivity contribution in [3.8, 4) is 11.5 Å². The molecule has 0 aliphatic carbocycles. The number of hydrogen-bond donors (Lipinski definition) is 1. The molecule has 0 aromatic heterocycles. The van der Waals surface area contributed by atoms with Crippen molar-refractivity contribution in [1.29, 1.82) is 0 Å². The smallest absolute Gasteiger partial charge is 0.349 e. The molecular weight excluding hydrogens is 366 g/mol. The van der Waals surface area contributed by atoms with E-state index in [-0.39, 0.29) is 12.5 Å². The number of hydrogen-bond acceptors (Lipinski definition) is 4. The summed E-state index contributed by atoms with van der Waals surface area (Å²) in [7, 11) is 0. The zero-order chi connectivity index (χ0) is 20.8. The molecule has 0 saturated heterocycles. The van der Waals surface area contributed by atoms with Crippen LogP contribution in [0, 0.1) is 20.8 Å². The normalized spacial score (nSPS) is 10.3. The molecule has 0 unspecified atom stereocenters. The largest absolute Gasteiger partial charge is 0.482 e. The maximum absolute atomic E-state index is 12.3. The summed E-state index contributed by atoms with van der Waals surface area (Å²) < 4.78 is 10.7. The first kappa shape index (κ1) is 20.1. The van der Waals surface area contributed by atoms with Crippen LogP contribution in [-0.2, 0) is 4.79 Å². The van der Waals surface area contributed by atoms with Gasteiger partial charge >= 0.3 is 5.97 Å². The molecule has 5 nitrogen and oxygen atoms in total. The Morgan fingerprint density at radius 3 is 2.10 bits per heavy atom. The summed E-state index contributed by atoms with van der Waals surface area (Å²) in [6.45, 7) is 5.78. The molecule has 0 bridgehead atoms. The topological polar surface area (TPSA) is 64.6 Å². The Balaban J connectivity index is 1.52. The highest BCUT2D eigenvalue weighted by Gasteiger charge is 2.10. The van der Waals surface area contributed by atoms with Crippen LogP contribution in [0.2, 0.25) is 0 Å². The first-order chi connectivity index (χ1) is 13.9. The standard InChI is InChI=1S/C24H23NO4/c1-16-4-9-20(10-5-16)25-24(27)19-7-12-21(13-8-19)29-23(26)15-28-22-11-6-17(2)18(3)14-22/h4-14H,15H2,1-3H3,(H,25,27). The average molecular weight is 389 g/mol. The van der Waals surface area contributed by atoms with Crippen LogP contribution in [0.4, 0.5) is 5.69 Å². The monoisotopic (exact) mass is 389 g/mol. The Labute approximate surface area is 170 Å². The molecule has 3 aromatic rings. The molecule has 148 valence electrons. The predicted molar refractivity (Wildman–Crippen MR) is 113 cm³/mol. The Kier molecular flexibility index (Phi) is 6.29. The maximum Gasteiger partial charge on any atom is 0.349 e. The van der Waals surface area contributed by atoms with Gasteiger partial charge in [-0.25, -0.2) is 4.79 Å². The Morgan fingerprint density at radius 1 is 0.793 bits per heavy atom. The van der Waals surface area contributed by atoms with Crippen LogP contribution in [0.15, 0.2) is 66.7 Å². The van der Waals surface area contributed by atoms with Crippen LogP contribution in [0.1, 0.15) is 27.0 Å². The highest BCUT2D eigenvalue weighted by atomic mass is 16.6. The highest BCUT2D eigenvalue weighted by Crippen LogP contribution is 2.18. The first-order valence-corrected chi connectivity index (χ1v) is 9.29. The molecule has 29 heavy (non-hydrogen) atoms. The van der Waals surface area contributed by atoms with E-state index < -0.39 is 5.97 Å². The van der Waals surface area contributed by atoms with Crippen molar-refractivity contribution in [2.24, 2.45) is 0 Å². The third-order valence-electron chi connectivity index (χ3n) is 4.49. The molecule has 1 amide bonds. The van der Waals surface area contributed by atoms with Gasteiger partial charge in [-0.2, -0.15) is 0 Å². The quantitative estimate of drug-likeness (QED) is 0.484. The molecule has 1 N–H and O–H groups in total. The molecule has 0 aliphatic rings. The number of aryl methyl sites for hydroxylation is 3. The van der Waals surface area contributed by atoms with Crippen LogP contribution in [0.5, 0.6) is 11.5 Å². The fourth-order valence-corrected chi connectivity index (χ4v) is 2.62. The van der Waals surface area contributed by atoms with Crippen LogP contribution in [0.3, 0.4) is 0 Å². The predicted octanol–water partition coefficient (Wildman–Crippen LogP) is 4.85. The second-order valence-corrected chi connectivity index (χ2v) is 6.85. The SMILES string of the molecule is Cc1ccc(NC(=O)c2ccc(OC(=O)COc3ccc(C)c(C)c3)cc2)cc1. The third-order valence-corrected chi connectivity index (χ3v) is 4.49. The number of carbonyl (C=O) groups excluding carboxylic acids is 2. The number of anilines is 1. The van der Waals surface area contributed by atoms with Gasteiger partial charge in [-0.3, -0.25) is 4.79 Å². The lowest BCUT2D eigenvalue weighted by Gasteiger charge is -2.09. The van der Waals surface area contributed by atoms with Gasteiger partial charge in [0.05, 0.1) is 0 Å². The number of nitrogens with one attached hydrogen (secondary N) is 1. The van der Waals surface area contributed by atoms with Crippen molar-refractivity contribution in [3.05, 3.63) is 89.0 Å². The molecule has 0 atom stereocenters. The van der Waals surface area contributed by atoms with Gasteiger partial charge in [-0.15, -0.1) is 0 Å². The van der Waals surface area contributed by atoms with Crippen LogP contribution in [-0.4, -0.2) is 18.5 Å². The summed E-state index contributed by atoms with van der Waals surface area (Å²) in [5.74, 6) is 0.226. The molecular formula is C24H23NO4. The lowest BCUT2D eigenvalue weighted by molar-refractivity contribution is -0.136.